The lowest BCUT2D eigenvalue weighted by Gasteiger charge is -2.40. The fourth-order valence-electron chi connectivity index (χ4n) is 11.4. The van der Waals surface area contributed by atoms with Crippen LogP contribution in [0.3, 0.4) is 0 Å². The van der Waals surface area contributed by atoms with E-state index in [1.54, 1.807) is 6.08 Å². The van der Waals surface area contributed by atoms with Crippen LogP contribution in [0, 0.1) is 0 Å². The second-order valence-electron chi connectivity index (χ2n) is 24.7. The van der Waals surface area contributed by atoms with E-state index in [2.05, 4.69) is 43.5 Å². The molecule has 1 amide bonds. The van der Waals surface area contributed by atoms with Gasteiger partial charge in [-0.3, -0.25) is 4.79 Å². The zero-order chi connectivity index (χ0) is 57.9. The van der Waals surface area contributed by atoms with Gasteiger partial charge in [-0.15, -0.1) is 0 Å². The molecule has 0 aromatic heterocycles. The average molecular weight is 1130 g/mol. The molecule has 9 heteroatoms. The Labute approximate surface area is 495 Å². The van der Waals surface area contributed by atoms with Gasteiger partial charge in [-0.05, 0) is 51.4 Å². The first-order valence-electron chi connectivity index (χ1n) is 35.2. The van der Waals surface area contributed by atoms with Crippen molar-refractivity contribution >= 4 is 5.91 Å². The number of carbonyl (C=O) groups excluding carboxylic acids is 1. The zero-order valence-corrected chi connectivity index (χ0v) is 52.9. The minimum atomic E-state index is -1.57. The predicted molar refractivity (Wildman–Crippen MR) is 341 cm³/mol. The summed E-state index contributed by atoms with van der Waals surface area (Å²) in [5, 5.41) is 54.8. The fourth-order valence-corrected chi connectivity index (χ4v) is 11.4. The van der Waals surface area contributed by atoms with Crippen LogP contribution < -0.4 is 5.32 Å². The van der Waals surface area contributed by atoms with E-state index in [-0.39, 0.29) is 12.5 Å². The molecule has 0 aromatic rings. The Bertz CT molecular complexity index is 1360. The summed E-state index contributed by atoms with van der Waals surface area (Å²) in [5.74, 6) is -0.170. The monoisotopic (exact) mass is 1130 g/mol. The Morgan fingerprint density at radius 2 is 0.738 bits per heavy atom. The summed E-state index contributed by atoms with van der Waals surface area (Å²) >= 11 is 0. The molecule has 9 nitrogen and oxygen atoms in total. The molecule has 6 N–H and O–H groups in total. The van der Waals surface area contributed by atoms with E-state index in [9.17, 15) is 30.3 Å². The highest BCUT2D eigenvalue weighted by atomic mass is 16.7. The largest absolute Gasteiger partial charge is 0.394 e. The maximum atomic E-state index is 13.1. The minimum absolute atomic E-state index is 0.170. The van der Waals surface area contributed by atoms with Gasteiger partial charge < -0.3 is 40.3 Å². The number of aliphatic hydroxyl groups is 5. The van der Waals surface area contributed by atoms with Gasteiger partial charge in [0, 0.05) is 6.42 Å². The van der Waals surface area contributed by atoms with E-state index in [4.69, 9.17) is 9.47 Å². The van der Waals surface area contributed by atoms with Crippen molar-refractivity contribution in [3.8, 4) is 0 Å². The third kappa shape index (κ3) is 48.7. The molecule has 0 radical (unpaired) electrons. The van der Waals surface area contributed by atoms with Crippen LogP contribution in [0.4, 0.5) is 0 Å². The van der Waals surface area contributed by atoms with Crippen LogP contribution in [0.5, 0.6) is 0 Å². The van der Waals surface area contributed by atoms with Crippen molar-refractivity contribution < 1.29 is 39.8 Å². The molecule has 1 rings (SSSR count). The van der Waals surface area contributed by atoms with Gasteiger partial charge in [0.1, 0.15) is 24.4 Å². The fraction of sp³-hybridized carbons (Fsp3) is 0.901. The zero-order valence-electron chi connectivity index (χ0n) is 52.9. The molecule has 1 fully saturated rings. The maximum Gasteiger partial charge on any atom is 0.220 e. The van der Waals surface area contributed by atoms with E-state index in [1.165, 1.54) is 289 Å². The van der Waals surface area contributed by atoms with Gasteiger partial charge in [-0.2, -0.15) is 0 Å². The molecule has 7 unspecified atom stereocenters. The molecule has 1 saturated heterocycles. The number of allylic oxidation sites excluding steroid dienone is 5. The standard InChI is InChI=1S/C71H135NO8/c1-3-5-7-9-11-13-15-17-19-21-23-25-27-29-30-31-32-33-34-35-36-37-39-41-43-45-47-49-51-53-55-57-59-61-67(75)72-64(63-79-71-70(78)69(77)68(76)66(62-73)80-71)65(74)60-58-56-54-52-50-48-46-44-42-40-38-28-26-24-22-20-18-16-14-12-10-8-6-4-2/h23,25,29-30,58,60,64-66,68-71,73-74,76-78H,3-22,24,26-28,31-57,59,61-63H2,1-2H3,(H,72,75)/b25-23-,30-29-,60-58+. The summed E-state index contributed by atoms with van der Waals surface area (Å²) in [6.45, 7) is 3.83. The molecular weight excluding hydrogens is 995 g/mol. The third-order valence-corrected chi connectivity index (χ3v) is 17.0. The molecule has 0 aromatic carbocycles. The van der Waals surface area contributed by atoms with Crippen LogP contribution in [0.2, 0.25) is 0 Å². The number of amides is 1. The second kappa shape index (κ2) is 60.5. The van der Waals surface area contributed by atoms with E-state index < -0.39 is 49.5 Å². The van der Waals surface area contributed by atoms with Crippen molar-refractivity contribution in [1.82, 2.24) is 5.32 Å². The van der Waals surface area contributed by atoms with Crippen LogP contribution >= 0.6 is 0 Å². The van der Waals surface area contributed by atoms with Crippen molar-refractivity contribution in [1.29, 1.82) is 0 Å². The number of hydrogen-bond acceptors (Lipinski definition) is 8. The quantitative estimate of drug-likeness (QED) is 0.0261. The van der Waals surface area contributed by atoms with Gasteiger partial charge in [0.25, 0.3) is 0 Å². The van der Waals surface area contributed by atoms with E-state index in [1.807, 2.05) is 6.08 Å². The van der Waals surface area contributed by atoms with Gasteiger partial charge in [-0.25, -0.2) is 0 Å². The minimum Gasteiger partial charge on any atom is -0.394 e. The highest BCUT2D eigenvalue weighted by Gasteiger charge is 2.44. The van der Waals surface area contributed by atoms with Gasteiger partial charge in [0.2, 0.25) is 5.91 Å². The highest BCUT2D eigenvalue weighted by Crippen LogP contribution is 2.23. The Kier molecular flexibility index (Phi) is 57.8. The lowest BCUT2D eigenvalue weighted by molar-refractivity contribution is -0.302. The molecule has 0 aliphatic carbocycles. The number of nitrogens with one attached hydrogen (secondary N) is 1. The molecule has 80 heavy (non-hydrogen) atoms. The topological polar surface area (TPSA) is 149 Å². The van der Waals surface area contributed by atoms with E-state index in [0.29, 0.717) is 6.42 Å². The Balaban J connectivity index is 2.12. The lowest BCUT2D eigenvalue weighted by atomic mass is 9.99. The summed E-state index contributed by atoms with van der Waals surface area (Å²) in [6, 6.07) is -0.805. The van der Waals surface area contributed by atoms with Gasteiger partial charge in [0.15, 0.2) is 6.29 Å². The molecular formula is C71H135NO8. The Morgan fingerprint density at radius 1 is 0.425 bits per heavy atom. The number of carbonyl (C=O) groups is 1. The first kappa shape index (κ1) is 76.4. The Morgan fingerprint density at radius 3 is 1.07 bits per heavy atom. The van der Waals surface area contributed by atoms with Gasteiger partial charge >= 0.3 is 0 Å². The first-order chi connectivity index (χ1) is 39.3. The number of aliphatic hydroxyl groups excluding tert-OH is 5. The van der Waals surface area contributed by atoms with Crippen LogP contribution in [-0.2, 0) is 14.3 Å². The SMILES string of the molecule is CCCCCCCCCCC/C=C\C/C=C\CCCCCCCCCCCCCCCCCCCC(=O)NC(COC1OC(CO)C(O)C(O)C1O)C(O)/C=C/CCCCCCCCCCCCCCCCCCCCCCCC. The van der Waals surface area contributed by atoms with Crippen LogP contribution in [0.1, 0.15) is 354 Å². The first-order valence-corrected chi connectivity index (χ1v) is 35.2. The maximum absolute atomic E-state index is 13.1. The van der Waals surface area contributed by atoms with Crippen molar-refractivity contribution in [3.63, 3.8) is 0 Å². The number of ether oxygens (including phenoxy) is 2. The van der Waals surface area contributed by atoms with Crippen molar-refractivity contribution in [2.24, 2.45) is 0 Å². The molecule has 7 atom stereocenters. The third-order valence-electron chi connectivity index (χ3n) is 17.0. The molecule has 0 saturated carbocycles. The summed E-state index contributed by atoms with van der Waals surface area (Å²) in [5.41, 5.74) is 0. The summed E-state index contributed by atoms with van der Waals surface area (Å²) in [4.78, 5) is 13.1. The van der Waals surface area contributed by atoms with E-state index >= 15 is 0 Å². The smallest absolute Gasteiger partial charge is 0.220 e. The lowest BCUT2D eigenvalue weighted by Crippen LogP contribution is -2.60. The van der Waals surface area contributed by atoms with Crippen LogP contribution in [0.15, 0.2) is 36.5 Å². The molecule has 472 valence electrons. The molecule has 0 spiro atoms. The average Bonchev–Trinajstić information content (AvgIpc) is 3.46. The van der Waals surface area contributed by atoms with Crippen LogP contribution in [-0.4, -0.2) is 87.5 Å². The van der Waals surface area contributed by atoms with E-state index in [0.717, 1.165) is 44.9 Å². The van der Waals surface area contributed by atoms with Gasteiger partial charge in [0.05, 0.1) is 25.4 Å². The number of rotatable bonds is 62. The number of unbranched alkanes of at least 4 members (excludes halogenated alkanes) is 48. The summed E-state index contributed by atoms with van der Waals surface area (Å²) < 4.78 is 11.3. The second-order valence-corrected chi connectivity index (χ2v) is 24.7. The molecule has 1 aliphatic heterocycles. The Hall–Kier alpha value is -1.59. The number of hydrogen-bond donors (Lipinski definition) is 6. The van der Waals surface area contributed by atoms with Gasteiger partial charge in [-0.1, -0.05) is 333 Å². The molecule has 1 aliphatic rings. The summed E-state index contributed by atoms with van der Waals surface area (Å²) in [7, 11) is 0. The van der Waals surface area contributed by atoms with Crippen molar-refractivity contribution in [2.45, 2.75) is 397 Å². The highest BCUT2D eigenvalue weighted by molar-refractivity contribution is 5.76. The molecule has 1 heterocycles. The molecule has 0 bridgehead atoms. The van der Waals surface area contributed by atoms with Crippen LogP contribution in [0.25, 0.3) is 0 Å². The predicted octanol–water partition coefficient (Wildman–Crippen LogP) is 19.0. The summed E-state index contributed by atoms with van der Waals surface area (Å²) in [6.07, 6.45) is 73.9. The normalized spacial score (nSPS) is 18.6. The van der Waals surface area contributed by atoms with Crippen molar-refractivity contribution in [3.05, 3.63) is 36.5 Å². The van der Waals surface area contributed by atoms with Crippen molar-refractivity contribution in [2.75, 3.05) is 13.2 Å².